The molecular formula is C40H41N3O5S. The molecule has 2 amide bonds. The molecule has 5 rings (SSSR count). The van der Waals surface area contributed by atoms with Gasteiger partial charge in [-0.2, -0.15) is 0 Å². The van der Waals surface area contributed by atoms with Gasteiger partial charge in [0.2, 0.25) is 11.8 Å². The molecule has 252 valence electrons. The number of nitrogens with zero attached hydrogens (tertiary/aromatic N) is 2. The smallest absolute Gasteiger partial charge is 0.264 e. The SMILES string of the molecule is CCCNC(=O)[C@@H](Cc1ccccc1)N(Cc1ccccc1)C(=O)CN(c1ccc(Oc2ccccc2)cc1)S(=O)(=O)c1ccc(C)cc1. The Labute approximate surface area is 289 Å². The molecule has 49 heavy (non-hydrogen) atoms. The summed E-state index contributed by atoms with van der Waals surface area (Å²) < 4.78 is 35.7. The van der Waals surface area contributed by atoms with E-state index in [2.05, 4.69) is 5.32 Å². The summed E-state index contributed by atoms with van der Waals surface area (Å²) >= 11 is 0. The summed E-state index contributed by atoms with van der Waals surface area (Å²) in [6.45, 7) is 3.86. The number of benzene rings is 5. The van der Waals surface area contributed by atoms with E-state index < -0.39 is 28.5 Å². The van der Waals surface area contributed by atoms with Gasteiger partial charge in [-0.3, -0.25) is 13.9 Å². The number of hydrogen-bond donors (Lipinski definition) is 1. The predicted molar refractivity (Wildman–Crippen MR) is 193 cm³/mol. The monoisotopic (exact) mass is 675 g/mol. The molecule has 0 bridgehead atoms. The number of aryl methyl sites for hydroxylation is 1. The van der Waals surface area contributed by atoms with Crippen LogP contribution < -0.4 is 14.4 Å². The predicted octanol–water partition coefficient (Wildman–Crippen LogP) is 7.15. The van der Waals surface area contributed by atoms with Crippen LogP contribution >= 0.6 is 0 Å². The van der Waals surface area contributed by atoms with Gasteiger partial charge >= 0.3 is 0 Å². The summed E-state index contributed by atoms with van der Waals surface area (Å²) in [6.07, 6.45) is 0.980. The average molecular weight is 676 g/mol. The maximum atomic E-state index is 14.6. The van der Waals surface area contributed by atoms with Gasteiger partial charge in [0.15, 0.2) is 0 Å². The van der Waals surface area contributed by atoms with Gasteiger partial charge in [-0.25, -0.2) is 8.42 Å². The van der Waals surface area contributed by atoms with Crippen molar-refractivity contribution < 1.29 is 22.7 Å². The molecule has 0 aliphatic heterocycles. The Morgan fingerprint density at radius 1 is 0.714 bits per heavy atom. The van der Waals surface area contributed by atoms with Crippen LogP contribution in [0.15, 0.2) is 144 Å². The molecule has 5 aromatic carbocycles. The number of carbonyl (C=O) groups excluding carboxylic acids is 2. The lowest BCUT2D eigenvalue weighted by Crippen LogP contribution is -2.53. The zero-order chi connectivity index (χ0) is 34.6. The molecule has 0 aliphatic rings. The van der Waals surface area contributed by atoms with E-state index in [-0.39, 0.29) is 29.5 Å². The van der Waals surface area contributed by atoms with Crippen molar-refractivity contribution in [3.63, 3.8) is 0 Å². The molecule has 0 aliphatic carbocycles. The highest BCUT2D eigenvalue weighted by Gasteiger charge is 2.34. The van der Waals surface area contributed by atoms with Gasteiger partial charge in [0.1, 0.15) is 24.1 Å². The first-order valence-corrected chi connectivity index (χ1v) is 17.8. The highest BCUT2D eigenvalue weighted by Crippen LogP contribution is 2.29. The second-order valence-corrected chi connectivity index (χ2v) is 13.6. The highest BCUT2D eigenvalue weighted by atomic mass is 32.2. The lowest BCUT2D eigenvalue weighted by Gasteiger charge is -2.34. The second kappa shape index (κ2) is 16.6. The number of ether oxygens (including phenoxy) is 1. The lowest BCUT2D eigenvalue weighted by atomic mass is 10.0. The van der Waals surface area contributed by atoms with E-state index in [1.807, 2.05) is 105 Å². The van der Waals surface area contributed by atoms with Crippen LogP contribution in [0.3, 0.4) is 0 Å². The molecule has 5 aromatic rings. The molecule has 0 spiro atoms. The van der Waals surface area contributed by atoms with Crippen molar-refractivity contribution in [3.8, 4) is 11.5 Å². The summed E-state index contributed by atoms with van der Waals surface area (Å²) in [5.74, 6) is 0.328. The van der Waals surface area contributed by atoms with Crippen molar-refractivity contribution in [2.24, 2.45) is 0 Å². The molecule has 0 fully saturated rings. The zero-order valence-corrected chi connectivity index (χ0v) is 28.6. The second-order valence-electron chi connectivity index (χ2n) is 11.7. The third-order valence-corrected chi connectivity index (χ3v) is 9.80. The Balaban J connectivity index is 1.54. The van der Waals surface area contributed by atoms with Crippen LogP contribution in [0.4, 0.5) is 5.69 Å². The Bertz CT molecular complexity index is 1900. The van der Waals surface area contributed by atoms with Crippen molar-refractivity contribution in [2.75, 3.05) is 17.4 Å². The number of nitrogens with one attached hydrogen (secondary N) is 1. The highest BCUT2D eigenvalue weighted by molar-refractivity contribution is 7.92. The Hall–Kier alpha value is -5.41. The summed E-state index contributed by atoms with van der Waals surface area (Å²) in [5, 5.41) is 2.97. The van der Waals surface area contributed by atoms with E-state index >= 15 is 0 Å². The number of rotatable bonds is 15. The van der Waals surface area contributed by atoms with Gasteiger partial charge in [-0.15, -0.1) is 0 Å². The van der Waals surface area contributed by atoms with Gasteiger partial charge in [0.05, 0.1) is 10.6 Å². The van der Waals surface area contributed by atoms with Gasteiger partial charge in [-0.1, -0.05) is 103 Å². The summed E-state index contributed by atoms with van der Waals surface area (Å²) in [5.41, 5.74) is 2.87. The molecule has 0 unspecified atom stereocenters. The van der Waals surface area contributed by atoms with E-state index in [1.165, 1.54) is 17.0 Å². The number of sulfonamides is 1. The third-order valence-electron chi connectivity index (χ3n) is 8.01. The topological polar surface area (TPSA) is 96.0 Å². The van der Waals surface area contributed by atoms with Crippen LogP contribution in [0.5, 0.6) is 11.5 Å². The Morgan fingerprint density at radius 3 is 1.86 bits per heavy atom. The number of para-hydroxylation sites is 1. The molecular weight excluding hydrogens is 635 g/mol. The van der Waals surface area contributed by atoms with Crippen molar-refractivity contribution in [2.45, 2.75) is 44.2 Å². The fourth-order valence-corrected chi connectivity index (χ4v) is 6.79. The fourth-order valence-electron chi connectivity index (χ4n) is 5.37. The van der Waals surface area contributed by atoms with Crippen LogP contribution in [0.1, 0.15) is 30.0 Å². The number of anilines is 1. The molecule has 0 saturated heterocycles. The first-order valence-electron chi connectivity index (χ1n) is 16.3. The maximum absolute atomic E-state index is 14.6. The standard InChI is InChI=1S/C40H41N3O5S/c1-3-27-41-40(45)38(28-32-13-7-4-8-14-32)42(29-33-15-9-5-10-16-33)39(44)30-43(49(46,47)37-25-19-31(2)20-26-37)34-21-23-36(24-22-34)48-35-17-11-6-12-18-35/h4-26,38H,3,27-30H2,1-2H3,(H,41,45)/t38-/m1/s1. The molecule has 9 heteroatoms. The van der Waals surface area contributed by atoms with Crippen LogP contribution in [0.2, 0.25) is 0 Å². The van der Waals surface area contributed by atoms with Crippen LogP contribution in [-0.2, 0) is 32.6 Å². The lowest BCUT2D eigenvalue weighted by molar-refractivity contribution is -0.140. The minimum Gasteiger partial charge on any atom is -0.457 e. The van der Waals surface area contributed by atoms with Crippen LogP contribution in [0.25, 0.3) is 0 Å². The number of hydrogen-bond acceptors (Lipinski definition) is 5. The Morgan fingerprint density at radius 2 is 1.27 bits per heavy atom. The Kier molecular flexibility index (Phi) is 11.8. The van der Waals surface area contributed by atoms with Crippen molar-refractivity contribution >= 4 is 27.5 Å². The first-order chi connectivity index (χ1) is 23.7. The summed E-state index contributed by atoms with van der Waals surface area (Å²) in [4.78, 5) is 29.9. The fraction of sp³-hybridized carbons (Fsp3) is 0.200. The van der Waals surface area contributed by atoms with Gasteiger partial charge in [-0.05, 0) is 73.0 Å². The van der Waals surface area contributed by atoms with Gasteiger partial charge in [0.25, 0.3) is 10.0 Å². The van der Waals surface area contributed by atoms with E-state index in [4.69, 9.17) is 4.74 Å². The van der Waals surface area contributed by atoms with Crippen molar-refractivity contribution in [1.29, 1.82) is 0 Å². The molecule has 0 aromatic heterocycles. The molecule has 1 atom stereocenters. The molecule has 8 nitrogen and oxygen atoms in total. The molecule has 0 radical (unpaired) electrons. The van der Waals surface area contributed by atoms with E-state index in [0.717, 1.165) is 27.4 Å². The third kappa shape index (κ3) is 9.36. The average Bonchev–Trinajstić information content (AvgIpc) is 3.13. The summed E-state index contributed by atoms with van der Waals surface area (Å²) in [6, 6.07) is 40.3. The largest absolute Gasteiger partial charge is 0.457 e. The first kappa shape index (κ1) is 34.9. The minimum atomic E-state index is -4.22. The van der Waals surface area contributed by atoms with E-state index in [1.54, 1.807) is 36.4 Å². The normalized spacial score (nSPS) is 11.7. The van der Waals surface area contributed by atoms with Gasteiger partial charge in [0, 0.05) is 19.5 Å². The van der Waals surface area contributed by atoms with E-state index in [0.29, 0.717) is 18.0 Å². The quantitative estimate of drug-likeness (QED) is 0.127. The maximum Gasteiger partial charge on any atom is 0.264 e. The zero-order valence-electron chi connectivity index (χ0n) is 27.7. The number of carbonyl (C=O) groups is 2. The van der Waals surface area contributed by atoms with Crippen LogP contribution in [0, 0.1) is 6.92 Å². The van der Waals surface area contributed by atoms with Gasteiger partial charge < -0.3 is 15.0 Å². The summed E-state index contributed by atoms with van der Waals surface area (Å²) in [7, 11) is -4.22. The van der Waals surface area contributed by atoms with Crippen LogP contribution in [-0.4, -0.2) is 44.3 Å². The molecule has 1 N–H and O–H groups in total. The minimum absolute atomic E-state index is 0.0478. The van der Waals surface area contributed by atoms with E-state index in [9.17, 15) is 18.0 Å². The molecule has 0 saturated carbocycles. The number of amides is 2. The molecule has 0 heterocycles. The van der Waals surface area contributed by atoms with Crippen molar-refractivity contribution in [3.05, 3.63) is 156 Å². The van der Waals surface area contributed by atoms with Crippen molar-refractivity contribution in [1.82, 2.24) is 10.2 Å².